The molecule has 1 N–H and O–H groups in total. The number of nitro groups is 1. The maximum absolute atomic E-state index is 10.6. The molecule has 6 heteroatoms. The van der Waals surface area contributed by atoms with Gasteiger partial charge in [-0.05, 0) is 45.0 Å². The van der Waals surface area contributed by atoms with Crippen molar-refractivity contribution in [2.75, 3.05) is 32.0 Å². The van der Waals surface area contributed by atoms with Gasteiger partial charge in [-0.25, -0.2) is 0 Å². The molecule has 0 unspecified atom stereocenters. The van der Waals surface area contributed by atoms with Crippen LogP contribution in [0.2, 0.25) is 5.02 Å². The van der Waals surface area contributed by atoms with Crippen molar-refractivity contribution >= 4 is 23.0 Å². The molecule has 1 aliphatic rings. The maximum atomic E-state index is 10.6. The van der Waals surface area contributed by atoms with Crippen molar-refractivity contribution in [1.29, 1.82) is 0 Å². The zero-order valence-electron chi connectivity index (χ0n) is 10.9. The minimum Gasteiger partial charge on any atom is -0.384 e. The molecule has 1 saturated heterocycles. The molecule has 0 aliphatic carbocycles. The van der Waals surface area contributed by atoms with E-state index in [9.17, 15) is 10.1 Å². The SMILES string of the molecule is CN1CCC(CNc2ccc([N+](=O)[O-])cc2Cl)CC1. The Balaban J connectivity index is 1.91. The van der Waals surface area contributed by atoms with Crippen molar-refractivity contribution in [3.63, 3.8) is 0 Å². The third-order valence-electron chi connectivity index (χ3n) is 3.58. The second-order valence-corrected chi connectivity index (χ2v) is 5.46. The fourth-order valence-corrected chi connectivity index (χ4v) is 2.52. The van der Waals surface area contributed by atoms with E-state index < -0.39 is 4.92 Å². The molecule has 0 radical (unpaired) electrons. The maximum Gasteiger partial charge on any atom is 0.271 e. The molecule has 0 atom stereocenters. The van der Waals surface area contributed by atoms with Crippen LogP contribution < -0.4 is 5.32 Å². The summed E-state index contributed by atoms with van der Waals surface area (Å²) in [4.78, 5) is 12.5. The first-order chi connectivity index (χ1) is 9.06. The Labute approximate surface area is 117 Å². The molecule has 2 rings (SSSR count). The minimum absolute atomic E-state index is 0.0230. The van der Waals surface area contributed by atoms with Crippen LogP contribution in [0.3, 0.4) is 0 Å². The molecule has 19 heavy (non-hydrogen) atoms. The first-order valence-electron chi connectivity index (χ1n) is 6.42. The molecule has 0 bridgehead atoms. The fourth-order valence-electron chi connectivity index (χ4n) is 2.28. The topological polar surface area (TPSA) is 58.4 Å². The van der Waals surface area contributed by atoms with Gasteiger partial charge in [0.1, 0.15) is 0 Å². The number of nitrogens with one attached hydrogen (secondary N) is 1. The summed E-state index contributed by atoms with van der Waals surface area (Å²) in [5.74, 6) is 0.641. The fraction of sp³-hybridized carbons (Fsp3) is 0.538. The van der Waals surface area contributed by atoms with E-state index in [0.29, 0.717) is 10.9 Å². The Morgan fingerprint density at radius 3 is 2.74 bits per heavy atom. The van der Waals surface area contributed by atoms with Crippen LogP contribution in [0.25, 0.3) is 0 Å². The van der Waals surface area contributed by atoms with Crippen molar-refractivity contribution in [3.05, 3.63) is 33.3 Å². The summed E-state index contributed by atoms with van der Waals surface area (Å²) in [5, 5.41) is 14.3. The largest absolute Gasteiger partial charge is 0.384 e. The number of likely N-dealkylation sites (tertiary alicyclic amines) is 1. The Hall–Kier alpha value is -1.33. The van der Waals surface area contributed by atoms with E-state index >= 15 is 0 Å². The average Bonchev–Trinajstić information content (AvgIpc) is 2.39. The molecule has 0 saturated carbocycles. The van der Waals surface area contributed by atoms with Gasteiger partial charge in [0, 0.05) is 18.7 Å². The average molecular weight is 284 g/mol. The van der Waals surface area contributed by atoms with E-state index in [4.69, 9.17) is 11.6 Å². The van der Waals surface area contributed by atoms with Crippen LogP contribution in [0.1, 0.15) is 12.8 Å². The highest BCUT2D eigenvalue weighted by Gasteiger charge is 2.17. The Bertz CT molecular complexity index is 459. The normalized spacial score (nSPS) is 17.4. The van der Waals surface area contributed by atoms with E-state index in [1.54, 1.807) is 6.07 Å². The number of nitrogens with zero attached hydrogens (tertiary/aromatic N) is 2. The predicted molar refractivity (Wildman–Crippen MR) is 76.8 cm³/mol. The van der Waals surface area contributed by atoms with Gasteiger partial charge >= 0.3 is 0 Å². The van der Waals surface area contributed by atoms with Crippen LogP contribution in [-0.4, -0.2) is 36.5 Å². The number of non-ortho nitro benzene ring substituents is 1. The summed E-state index contributed by atoms with van der Waals surface area (Å²) in [5.41, 5.74) is 0.793. The lowest BCUT2D eigenvalue weighted by molar-refractivity contribution is -0.384. The van der Waals surface area contributed by atoms with Crippen molar-refractivity contribution in [2.45, 2.75) is 12.8 Å². The molecule has 1 aromatic carbocycles. The van der Waals surface area contributed by atoms with Crippen LogP contribution in [0.15, 0.2) is 18.2 Å². The minimum atomic E-state index is -0.438. The molecule has 1 aliphatic heterocycles. The lowest BCUT2D eigenvalue weighted by Gasteiger charge is -2.29. The first-order valence-corrected chi connectivity index (χ1v) is 6.80. The number of halogens is 1. The number of nitro benzene ring substituents is 1. The third-order valence-corrected chi connectivity index (χ3v) is 3.90. The van der Waals surface area contributed by atoms with Crippen molar-refractivity contribution < 1.29 is 4.92 Å². The molecule has 1 heterocycles. The lowest BCUT2D eigenvalue weighted by Crippen LogP contribution is -2.32. The molecule has 0 spiro atoms. The second-order valence-electron chi connectivity index (χ2n) is 5.05. The number of hydrogen-bond donors (Lipinski definition) is 1. The van der Waals surface area contributed by atoms with Crippen LogP contribution in [0.4, 0.5) is 11.4 Å². The standard InChI is InChI=1S/C13H18ClN3O2/c1-16-6-4-10(5-7-16)9-15-13-3-2-11(17(18)19)8-12(13)14/h2-3,8,10,15H,4-7,9H2,1H3. The van der Waals surface area contributed by atoms with Gasteiger partial charge in [0.05, 0.1) is 15.6 Å². The molecule has 104 valence electrons. The number of anilines is 1. The molecule has 5 nitrogen and oxygen atoms in total. The van der Waals surface area contributed by atoms with E-state index in [1.807, 2.05) is 0 Å². The zero-order valence-corrected chi connectivity index (χ0v) is 11.7. The zero-order chi connectivity index (χ0) is 13.8. The summed E-state index contributed by atoms with van der Waals surface area (Å²) in [6, 6.07) is 4.54. The smallest absolute Gasteiger partial charge is 0.271 e. The highest BCUT2D eigenvalue weighted by molar-refractivity contribution is 6.33. The monoisotopic (exact) mass is 283 g/mol. The second kappa shape index (κ2) is 6.21. The number of rotatable bonds is 4. The quantitative estimate of drug-likeness (QED) is 0.682. The molecule has 0 aromatic heterocycles. The molecule has 1 fully saturated rings. The van der Waals surface area contributed by atoms with Gasteiger partial charge in [0.2, 0.25) is 0 Å². The van der Waals surface area contributed by atoms with Crippen molar-refractivity contribution in [2.24, 2.45) is 5.92 Å². The number of piperidine rings is 1. The molecular formula is C13H18ClN3O2. The van der Waals surface area contributed by atoms with Crippen LogP contribution >= 0.6 is 11.6 Å². The number of hydrogen-bond acceptors (Lipinski definition) is 4. The highest BCUT2D eigenvalue weighted by Crippen LogP contribution is 2.27. The van der Waals surface area contributed by atoms with Crippen LogP contribution in [-0.2, 0) is 0 Å². The first kappa shape index (κ1) is 14.1. The van der Waals surface area contributed by atoms with Gasteiger partial charge < -0.3 is 10.2 Å². The van der Waals surface area contributed by atoms with E-state index in [1.165, 1.54) is 25.0 Å². The van der Waals surface area contributed by atoms with Gasteiger partial charge in [-0.1, -0.05) is 11.6 Å². The van der Waals surface area contributed by atoms with Crippen molar-refractivity contribution in [3.8, 4) is 0 Å². The summed E-state index contributed by atoms with van der Waals surface area (Å²) < 4.78 is 0. The third kappa shape index (κ3) is 3.81. The summed E-state index contributed by atoms with van der Waals surface area (Å²) in [6.45, 7) is 3.12. The number of benzene rings is 1. The molecule has 1 aromatic rings. The summed E-state index contributed by atoms with van der Waals surface area (Å²) in [7, 11) is 2.14. The van der Waals surface area contributed by atoms with Crippen molar-refractivity contribution in [1.82, 2.24) is 4.90 Å². The Morgan fingerprint density at radius 1 is 1.47 bits per heavy atom. The van der Waals surface area contributed by atoms with Gasteiger partial charge in [-0.2, -0.15) is 0 Å². The van der Waals surface area contributed by atoms with E-state index in [-0.39, 0.29) is 5.69 Å². The highest BCUT2D eigenvalue weighted by atomic mass is 35.5. The molecule has 0 amide bonds. The predicted octanol–water partition coefficient (Wildman–Crippen LogP) is 3.00. The Kier molecular flexibility index (Phi) is 4.61. The lowest BCUT2D eigenvalue weighted by atomic mass is 9.97. The van der Waals surface area contributed by atoms with Crippen LogP contribution in [0.5, 0.6) is 0 Å². The Morgan fingerprint density at radius 2 is 2.16 bits per heavy atom. The van der Waals surface area contributed by atoms with Gasteiger partial charge in [0.15, 0.2) is 0 Å². The molecular weight excluding hydrogens is 266 g/mol. The van der Waals surface area contributed by atoms with Gasteiger partial charge in [-0.3, -0.25) is 10.1 Å². The van der Waals surface area contributed by atoms with E-state index in [0.717, 1.165) is 25.3 Å². The van der Waals surface area contributed by atoms with Crippen LogP contribution in [0, 0.1) is 16.0 Å². The summed E-state index contributed by atoms with van der Waals surface area (Å²) in [6.07, 6.45) is 2.35. The summed E-state index contributed by atoms with van der Waals surface area (Å²) >= 11 is 6.04. The van der Waals surface area contributed by atoms with E-state index in [2.05, 4.69) is 17.3 Å². The van der Waals surface area contributed by atoms with Gasteiger partial charge in [0.25, 0.3) is 5.69 Å². The van der Waals surface area contributed by atoms with Gasteiger partial charge in [-0.15, -0.1) is 0 Å².